The van der Waals surface area contributed by atoms with Crippen molar-refractivity contribution < 1.29 is 9.53 Å². The minimum Gasteiger partial charge on any atom is -0.381 e. The third-order valence-corrected chi connectivity index (χ3v) is 3.51. The molecule has 0 aliphatic carbocycles. The standard InChI is InChI=1S/C15H19N3O2/c1-20-14-5-7-18(8-6-14)11-15(19)17-13-4-2-3-12(9-13)10-16/h2-4,9,14H,5-8,11H2,1H3,(H,17,19). The Morgan fingerprint density at radius 1 is 1.50 bits per heavy atom. The molecule has 20 heavy (non-hydrogen) atoms. The van der Waals surface area contributed by atoms with Crippen molar-refractivity contribution in [3.8, 4) is 6.07 Å². The summed E-state index contributed by atoms with van der Waals surface area (Å²) in [5.41, 5.74) is 1.21. The van der Waals surface area contributed by atoms with Gasteiger partial charge < -0.3 is 10.1 Å². The number of nitrogens with one attached hydrogen (secondary N) is 1. The number of methoxy groups -OCH3 is 1. The lowest BCUT2D eigenvalue weighted by Crippen LogP contribution is -2.41. The van der Waals surface area contributed by atoms with Gasteiger partial charge in [-0.3, -0.25) is 9.69 Å². The smallest absolute Gasteiger partial charge is 0.238 e. The largest absolute Gasteiger partial charge is 0.381 e. The highest BCUT2D eigenvalue weighted by molar-refractivity contribution is 5.92. The maximum Gasteiger partial charge on any atom is 0.238 e. The Hall–Kier alpha value is -1.90. The molecule has 1 saturated heterocycles. The predicted molar refractivity (Wildman–Crippen MR) is 76.3 cm³/mol. The lowest BCUT2D eigenvalue weighted by Gasteiger charge is -2.30. The summed E-state index contributed by atoms with van der Waals surface area (Å²) in [6, 6.07) is 9.00. The summed E-state index contributed by atoms with van der Waals surface area (Å²) in [6.07, 6.45) is 2.25. The van der Waals surface area contributed by atoms with Gasteiger partial charge in [-0.2, -0.15) is 5.26 Å². The Bertz CT molecular complexity index is 502. The van der Waals surface area contributed by atoms with Crippen molar-refractivity contribution in [2.24, 2.45) is 0 Å². The van der Waals surface area contributed by atoms with Gasteiger partial charge in [-0.15, -0.1) is 0 Å². The number of benzene rings is 1. The number of ether oxygens (including phenoxy) is 1. The fraction of sp³-hybridized carbons (Fsp3) is 0.467. The summed E-state index contributed by atoms with van der Waals surface area (Å²) in [7, 11) is 1.73. The summed E-state index contributed by atoms with van der Waals surface area (Å²) in [5.74, 6) is -0.0454. The third-order valence-electron chi connectivity index (χ3n) is 3.51. The predicted octanol–water partition coefficient (Wildman–Crippen LogP) is 1.61. The van der Waals surface area contributed by atoms with Gasteiger partial charge in [0.2, 0.25) is 5.91 Å². The van der Waals surface area contributed by atoms with Gasteiger partial charge in [0.25, 0.3) is 0 Å². The second-order valence-corrected chi connectivity index (χ2v) is 4.95. The number of nitrogens with zero attached hydrogens (tertiary/aromatic N) is 2. The van der Waals surface area contributed by atoms with Gasteiger partial charge >= 0.3 is 0 Å². The SMILES string of the molecule is COC1CCN(CC(=O)Nc2cccc(C#N)c2)CC1. The zero-order chi connectivity index (χ0) is 14.4. The van der Waals surface area contributed by atoms with Crippen LogP contribution in [0.1, 0.15) is 18.4 Å². The Morgan fingerprint density at radius 3 is 2.90 bits per heavy atom. The van der Waals surface area contributed by atoms with E-state index in [-0.39, 0.29) is 5.91 Å². The van der Waals surface area contributed by atoms with Crippen LogP contribution >= 0.6 is 0 Å². The van der Waals surface area contributed by atoms with Crippen LogP contribution in [-0.2, 0) is 9.53 Å². The van der Waals surface area contributed by atoms with Crippen LogP contribution in [0, 0.1) is 11.3 Å². The van der Waals surface area contributed by atoms with Gasteiger partial charge in [-0.05, 0) is 31.0 Å². The first kappa shape index (κ1) is 14.5. The van der Waals surface area contributed by atoms with Gasteiger partial charge in [-0.25, -0.2) is 0 Å². The molecular formula is C15H19N3O2. The lowest BCUT2D eigenvalue weighted by molar-refractivity contribution is -0.117. The molecule has 1 aromatic rings. The molecule has 2 rings (SSSR count). The number of hydrogen-bond acceptors (Lipinski definition) is 4. The van der Waals surface area contributed by atoms with Crippen LogP contribution < -0.4 is 5.32 Å². The first-order chi connectivity index (χ1) is 9.71. The average Bonchev–Trinajstić information content (AvgIpc) is 2.48. The van der Waals surface area contributed by atoms with Crippen LogP contribution in [0.15, 0.2) is 24.3 Å². The molecule has 0 atom stereocenters. The fourth-order valence-electron chi connectivity index (χ4n) is 2.37. The molecule has 1 amide bonds. The molecule has 0 bridgehead atoms. The van der Waals surface area contributed by atoms with Crippen LogP contribution in [0.25, 0.3) is 0 Å². The molecule has 106 valence electrons. The maximum atomic E-state index is 12.0. The zero-order valence-corrected chi connectivity index (χ0v) is 11.6. The van der Waals surface area contributed by atoms with E-state index in [0.717, 1.165) is 25.9 Å². The minimum absolute atomic E-state index is 0.0454. The number of carbonyl (C=O) groups is 1. The van der Waals surface area contributed by atoms with Crippen LogP contribution in [-0.4, -0.2) is 43.7 Å². The second kappa shape index (κ2) is 7.04. The highest BCUT2D eigenvalue weighted by atomic mass is 16.5. The normalized spacial score (nSPS) is 16.6. The molecule has 0 radical (unpaired) electrons. The second-order valence-electron chi connectivity index (χ2n) is 4.95. The highest BCUT2D eigenvalue weighted by Crippen LogP contribution is 2.13. The average molecular weight is 273 g/mol. The molecule has 5 nitrogen and oxygen atoms in total. The summed E-state index contributed by atoms with van der Waals surface area (Å²) >= 11 is 0. The van der Waals surface area contributed by atoms with E-state index < -0.39 is 0 Å². The molecule has 1 N–H and O–H groups in total. The van der Waals surface area contributed by atoms with E-state index in [4.69, 9.17) is 10.00 Å². The zero-order valence-electron chi connectivity index (χ0n) is 11.6. The van der Waals surface area contributed by atoms with E-state index >= 15 is 0 Å². The van der Waals surface area contributed by atoms with E-state index in [1.807, 2.05) is 0 Å². The monoisotopic (exact) mass is 273 g/mol. The Labute approximate surface area is 119 Å². The van der Waals surface area contributed by atoms with Crippen LogP contribution in [0.5, 0.6) is 0 Å². The minimum atomic E-state index is -0.0454. The van der Waals surface area contributed by atoms with Gasteiger partial charge in [0.15, 0.2) is 0 Å². The van der Waals surface area contributed by atoms with Crippen LogP contribution in [0.2, 0.25) is 0 Å². The summed E-state index contributed by atoms with van der Waals surface area (Å²) < 4.78 is 5.31. The molecule has 0 saturated carbocycles. The van der Waals surface area contributed by atoms with Gasteiger partial charge in [-0.1, -0.05) is 6.07 Å². The molecule has 0 unspecified atom stereocenters. The molecule has 1 aromatic carbocycles. The van der Waals surface area contributed by atoms with Crippen molar-refractivity contribution in [2.45, 2.75) is 18.9 Å². The highest BCUT2D eigenvalue weighted by Gasteiger charge is 2.20. The number of carbonyl (C=O) groups excluding carboxylic acids is 1. The number of amides is 1. The molecule has 1 heterocycles. The number of nitriles is 1. The number of rotatable bonds is 4. The molecule has 1 fully saturated rings. The summed E-state index contributed by atoms with van der Waals surface area (Å²) in [4.78, 5) is 14.1. The first-order valence-corrected chi connectivity index (χ1v) is 6.76. The molecule has 0 spiro atoms. The maximum absolute atomic E-state index is 12.0. The number of likely N-dealkylation sites (tertiary alicyclic amines) is 1. The Balaban J connectivity index is 1.82. The van der Waals surface area contributed by atoms with Crippen molar-refractivity contribution in [3.05, 3.63) is 29.8 Å². The van der Waals surface area contributed by atoms with E-state index in [0.29, 0.717) is 23.9 Å². The number of piperidine rings is 1. The van der Waals surface area contributed by atoms with E-state index in [1.54, 1.807) is 31.4 Å². The summed E-state index contributed by atoms with van der Waals surface area (Å²) in [5, 5.41) is 11.6. The third kappa shape index (κ3) is 4.05. The Kier molecular flexibility index (Phi) is 5.10. The quantitative estimate of drug-likeness (QED) is 0.905. The summed E-state index contributed by atoms with van der Waals surface area (Å²) in [6.45, 7) is 2.14. The van der Waals surface area contributed by atoms with Crippen molar-refractivity contribution >= 4 is 11.6 Å². The molecule has 1 aliphatic rings. The van der Waals surface area contributed by atoms with Gasteiger partial charge in [0, 0.05) is 25.9 Å². The van der Waals surface area contributed by atoms with Crippen LogP contribution in [0.3, 0.4) is 0 Å². The fourth-order valence-corrected chi connectivity index (χ4v) is 2.37. The van der Waals surface area contributed by atoms with Crippen molar-refractivity contribution in [1.82, 2.24) is 4.90 Å². The topological polar surface area (TPSA) is 65.4 Å². The van der Waals surface area contributed by atoms with Gasteiger partial charge in [0.05, 0.1) is 24.3 Å². The van der Waals surface area contributed by atoms with E-state index in [2.05, 4.69) is 16.3 Å². The first-order valence-electron chi connectivity index (χ1n) is 6.76. The van der Waals surface area contributed by atoms with E-state index in [1.165, 1.54) is 0 Å². The molecule has 1 aliphatic heterocycles. The number of hydrogen-bond donors (Lipinski definition) is 1. The molecule has 0 aromatic heterocycles. The Morgan fingerprint density at radius 2 is 2.25 bits per heavy atom. The van der Waals surface area contributed by atoms with E-state index in [9.17, 15) is 4.79 Å². The number of anilines is 1. The lowest BCUT2D eigenvalue weighted by atomic mass is 10.1. The van der Waals surface area contributed by atoms with Crippen LogP contribution in [0.4, 0.5) is 5.69 Å². The molecular weight excluding hydrogens is 254 g/mol. The van der Waals surface area contributed by atoms with Gasteiger partial charge in [0.1, 0.15) is 0 Å². The van der Waals surface area contributed by atoms with Crippen molar-refractivity contribution in [2.75, 3.05) is 32.1 Å². The van der Waals surface area contributed by atoms with Crippen molar-refractivity contribution in [1.29, 1.82) is 5.26 Å². The molecule has 5 heteroatoms. The van der Waals surface area contributed by atoms with Crippen molar-refractivity contribution in [3.63, 3.8) is 0 Å².